The van der Waals surface area contributed by atoms with E-state index in [4.69, 9.17) is 0 Å². The molecular weight excluding hydrogens is 190 g/mol. The highest BCUT2D eigenvalue weighted by atomic mass is 16.3. The van der Waals surface area contributed by atoms with Crippen LogP contribution in [0.25, 0.3) is 0 Å². The van der Waals surface area contributed by atoms with E-state index >= 15 is 0 Å². The lowest BCUT2D eigenvalue weighted by molar-refractivity contribution is 0.0784. The molecule has 0 radical (unpaired) electrons. The van der Waals surface area contributed by atoms with Crippen molar-refractivity contribution in [3.05, 3.63) is 34.9 Å². The summed E-state index contributed by atoms with van der Waals surface area (Å²) in [7, 11) is 1.60. The highest BCUT2D eigenvalue weighted by molar-refractivity contribution is 5.95. The fourth-order valence-electron chi connectivity index (χ4n) is 1.38. The predicted octanol–water partition coefficient (Wildman–Crippen LogP) is 1.58. The minimum Gasteiger partial charge on any atom is -0.386 e. The maximum Gasteiger partial charge on any atom is 0.251 e. The number of carbonyl (C=O) groups excluding carboxylic acids is 1. The van der Waals surface area contributed by atoms with Crippen LogP contribution in [-0.4, -0.2) is 18.1 Å². The molecule has 3 heteroatoms. The number of aliphatic hydroxyl groups is 1. The van der Waals surface area contributed by atoms with E-state index < -0.39 is 5.60 Å². The summed E-state index contributed by atoms with van der Waals surface area (Å²) in [6.07, 6.45) is 0. The topological polar surface area (TPSA) is 49.3 Å². The summed E-state index contributed by atoms with van der Waals surface area (Å²) in [5, 5.41) is 12.4. The van der Waals surface area contributed by atoms with Gasteiger partial charge in [0.15, 0.2) is 0 Å². The number of nitrogens with one attached hydrogen (secondary N) is 1. The molecule has 0 unspecified atom stereocenters. The van der Waals surface area contributed by atoms with Gasteiger partial charge in [-0.3, -0.25) is 4.79 Å². The Bertz CT molecular complexity index is 378. The number of amides is 1. The van der Waals surface area contributed by atoms with E-state index in [1.54, 1.807) is 27.0 Å². The Kier molecular flexibility index (Phi) is 3.15. The first-order valence-electron chi connectivity index (χ1n) is 4.92. The third kappa shape index (κ3) is 2.57. The van der Waals surface area contributed by atoms with Gasteiger partial charge >= 0.3 is 0 Å². The second-order valence-corrected chi connectivity index (χ2v) is 4.17. The van der Waals surface area contributed by atoms with Gasteiger partial charge in [-0.2, -0.15) is 0 Å². The van der Waals surface area contributed by atoms with E-state index in [1.165, 1.54) is 0 Å². The summed E-state index contributed by atoms with van der Waals surface area (Å²) in [6, 6.07) is 5.41. The summed E-state index contributed by atoms with van der Waals surface area (Å²) in [5.41, 5.74) is 1.34. The monoisotopic (exact) mass is 207 g/mol. The number of hydrogen-bond donors (Lipinski definition) is 2. The zero-order valence-electron chi connectivity index (χ0n) is 9.59. The van der Waals surface area contributed by atoms with E-state index in [9.17, 15) is 9.90 Å². The molecule has 1 rings (SSSR count). The van der Waals surface area contributed by atoms with Crippen molar-refractivity contribution in [1.82, 2.24) is 5.32 Å². The molecule has 3 nitrogen and oxygen atoms in total. The van der Waals surface area contributed by atoms with E-state index in [0.717, 1.165) is 11.1 Å². The van der Waals surface area contributed by atoms with Crippen LogP contribution in [0.5, 0.6) is 0 Å². The maximum absolute atomic E-state index is 11.5. The summed E-state index contributed by atoms with van der Waals surface area (Å²) in [4.78, 5) is 11.5. The van der Waals surface area contributed by atoms with Crippen molar-refractivity contribution in [2.45, 2.75) is 26.4 Å². The van der Waals surface area contributed by atoms with Gasteiger partial charge in [-0.25, -0.2) is 0 Å². The van der Waals surface area contributed by atoms with Gasteiger partial charge in [-0.15, -0.1) is 0 Å². The van der Waals surface area contributed by atoms with Gasteiger partial charge in [-0.1, -0.05) is 12.1 Å². The average molecular weight is 207 g/mol. The first-order valence-corrected chi connectivity index (χ1v) is 4.92. The largest absolute Gasteiger partial charge is 0.386 e. The van der Waals surface area contributed by atoms with Crippen molar-refractivity contribution < 1.29 is 9.90 Å². The van der Waals surface area contributed by atoms with Crippen molar-refractivity contribution in [3.63, 3.8) is 0 Å². The van der Waals surface area contributed by atoms with Gasteiger partial charge in [0, 0.05) is 12.6 Å². The molecule has 0 aliphatic rings. The number of rotatable bonds is 2. The summed E-state index contributed by atoms with van der Waals surface area (Å²) in [6.45, 7) is 5.27. The molecule has 0 aliphatic carbocycles. The molecular formula is C12H17NO2. The van der Waals surface area contributed by atoms with Crippen LogP contribution >= 0.6 is 0 Å². The van der Waals surface area contributed by atoms with Gasteiger partial charge in [0.1, 0.15) is 0 Å². The molecule has 15 heavy (non-hydrogen) atoms. The Labute approximate surface area is 90.1 Å². The minimum absolute atomic E-state index is 0.126. The number of aryl methyl sites for hydroxylation is 1. The van der Waals surface area contributed by atoms with Gasteiger partial charge in [-0.05, 0) is 38.0 Å². The standard InChI is InChI=1S/C12H17NO2/c1-8-5-6-9(12(2,3)15)7-10(8)11(14)13-4/h5-7,15H,1-4H3,(H,13,14). The fourth-order valence-corrected chi connectivity index (χ4v) is 1.38. The second kappa shape index (κ2) is 4.03. The van der Waals surface area contributed by atoms with Crippen molar-refractivity contribution in [1.29, 1.82) is 0 Å². The zero-order chi connectivity index (χ0) is 11.6. The van der Waals surface area contributed by atoms with Crippen LogP contribution in [0.1, 0.15) is 35.3 Å². The number of carbonyl (C=O) groups is 1. The normalized spacial score (nSPS) is 11.3. The van der Waals surface area contributed by atoms with Crippen LogP contribution in [0.3, 0.4) is 0 Å². The molecule has 82 valence electrons. The smallest absolute Gasteiger partial charge is 0.251 e. The predicted molar refractivity (Wildman–Crippen MR) is 59.8 cm³/mol. The van der Waals surface area contributed by atoms with Crippen LogP contribution in [0.4, 0.5) is 0 Å². The molecule has 0 heterocycles. The Balaban J connectivity index is 3.23. The molecule has 1 aromatic rings. The third-order valence-electron chi connectivity index (χ3n) is 2.42. The zero-order valence-corrected chi connectivity index (χ0v) is 9.59. The van der Waals surface area contributed by atoms with Crippen molar-refractivity contribution >= 4 is 5.91 Å². The Morgan fingerprint density at radius 3 is 2.47 bits per heavy atom. The third-order valence-corrected chi connectivity index (χ3v) is 2.42. The second-order valence-electron chi connectivity index (χ2n) is 4.17. The Morgan fingerprint density at radius 1 is 1.40 bits per heavy atom. The van der Waals surface area contributed by atoms with E-state index in [-0.39, 0.29) is 5.91 Å². The molecule has 0 fully saturated rings. The van der Waals surface area contributed by atoms with Gasteiger partial charge in [0.25, 0.3) is 5.91 Å². The molecule has 0 saturated carbocycles. The van der Waals surface area contributed by atoms with Crippen LogP contribution in [0, 0.1) is 6.92 Å². The lowest BCUT2D eigenvalue weighted by Crippen LogP contribution is -2.21. The lowest BCUT2D eigenvalue weighted by Gasteiger charge is -2.19. The molecule has 0 spiro atoms. The minimum atomic E-state index is -0.920. The summed E-state index contributed by atoms with van der Waals surface area (Å²) < 4.78 is 0. The molecule has 2 N–H and O–H groups in total. The summed E-state index contributed by atoms with van der Waals surface area (Å²) >= 11 is 0. The lowest BCUT2D eigenvalue weighted by atomic mass is 9.94. The van der Waals surface area contributed by atoms with E-state index in [0.29, 0.717) is 5.56 Å². The molecule has 1 aromatic carbocycles. The first kappa shape index (κ1) is 11.7. The average Bonchev–Trinajstić information content (AvgIpc) is 2.15. The Hall–Kier alpha value is -1.35. The van der Waals surface area contributed by atoms with Gasteiger partial charge < -0.3 is 10.4 Å². The first-order chi connectivity index (χ1) is 6.86. The van der Waals surface area contributed by atoms with Crippen LogP contribution in [0.2, 0.25) is 0 Å². The molecule has 0 bridgehead atoms. The Morgan fingerprint density at radius 2 is 2.00 bits per heavy atom. The molecule has 0 aliphatic heterocycles. The SMILES string of the molecule is CNC(=O)c1cc(C(C)(C)O)ccc1C. The van der Waals surface area contributed by atoms with Crippen LogP contribution < -0.4 is 5.32 Å². The fraction of sp³-hybridized carbons (Fsp3) is 0.417. The van der Waals surface area contributed by atoms with Gasteiger partial charge in [0.2, 0.25) is 0 Å². The van der Waals surface area contributed by atoms with Crippen molar-refractivity contribution in [3.8, 4) is 0 Å². The quantitative estimate of drug-likeness (QED) is 0.773. The molecule has 1 amide bonds. The van der Waals surface area contributed by atoms with E-state index in [2.05, 4.69) is 5.32 Å². The highest BCUT2D eigenvalue weighted by Crippen LogP contribution is 2.22. The highest BCUT2D eigenvalue weighted by Gasteiger charge is 2.18. The van der Waals surface area contributed by atoms with Crippen molar-refractivity contribution in [2.75, 3.05) is 7.05 Å². The van der Waals surface area contributed by atoms with Crippen molar-refractivity contribution in [2.24, 2.45) is 0 Å². The van der Waals surface area contributed by atoms with Crippen LogP contribution in [0.15, 0.2) is 18.2 Å². The molecule has 0 saturated heterocycles. The molecule has 0 aromatic heterocycles. The van der Waals surface area contributed by atoms with Crippen LogP contribution in [-0.2, 0) is 5.60 Å². The number of hydrogen-bond acceptors (Lipinski definition) is 2. The number of benzene rings is 1. The maximum atomic E-state index is 11.5. The molecule has 0 atom stereocenters. The van der Waals surface area contributed by atoms with E-state index in [1.807, 2.05) is 19.1 Å². The summed E-state index contributed by atoms with van der Waals surface area (Å²) in [5.74, 6) is -0.126. The van der Waals surface area contributed by atoms with Gasteiger partial charge in [0.05, 0.1) is 5.60 Å².